The highest BCUT2D eigenvalue weighted by Gasteiger charge is 2.59. The van der Waals surface area contributed by atoms with Crippen LogP contribution in [0.5, 0.6) is 0 Å². The molecule has 0 heterocycles. The summed E-state index contributed by atoms with van der Waals surface area (Å²) in [6, 6.07) is 8.53. The molecule has 4 aliphatic carbocycles. The maximum Gasteiger partial charge on any atom is 0.251 e. The molecule has 0 saturated heterocycles. The number of benzene rings is 1. The minimum Gasteiger partial charge on any atom is -0.349 e. The number of hydrogen-bond donors (Lipinski definition) is 1. The van der Waals surface area contributed by atoms with Crippen LogP contribution in [0, 0.1) is 23.7 Å². The van der Waals surface area contributed by atoms with Crippen molar-refractivity contribution in [1.82, 2.24) is 5.32 Å². The van der Waals surface area contributed by atoms with Crippen molar-refractivity contribution in [2.75, 3.05) is 0 Å². The zero-order valence-electron chi connectivity index (χ0n) is 11.7. The molecule has 4 bridgehead atoms. The van der Waals surface area contributed by atoms with Gasteiger partial charge in [-0.3, -0.25) is 4.79 Å². The lowest BCUT2D eigenvalue weighted by Gasteiger charge is -2.57. The Balaban J connectivity index is 1.56. The van der Waals surface area contributed by atoms with E-state index in [2.05, 4.69) is 5.32 Å². The summed E-state index contributed by atoms with van der Waals surface area (Å²) in [4.78, 5) is 12.3. The van der Waals surface area contributed by atoms with Gasteiger partial charge < -0.3 is 5.32 Å². The summed E-state index contributed by atoms with van der Waals surface area (Å²) in [6.07, 6.45) is 0.0680. The van der Waals surface area contributed by atoms with E-state index in [4.69, 9.17) is 0 Å². The Kier molecular flexibility index (Phi) is 3.02. The molecule has 0 aliphatic heterocycles. The smallest absolute Gasteiger partial charge is 0.251 e. The van der Waals surface area contributed by atoms with Gasteiger partial charge in [0.05, 0.1) is 0 Å². The summed E-state index contributed by atoms with van der Waals surface area (Å²) in [5.74, 6) is -0.599. The molecular formula is C17H19F2NO. The van der Waals surface area contributed by atoms with Crippen molar-refractivity contribution in [3.8, 4) is 0 Å². The molecule has 21 heavy (non-hydrogen) atoms. The van der Waals surface area contributed by atoms with E-state index in [1.54, 1.807) is 24.3 Å². The SMILES string of the molecule is O=C(NC1C2CC3CC(C2F)C(F)C1C3)c1ccccc1. The van der Waals surface area contributed by atoms with Crippen LogP contribution in [0.4, 0.5) is 8.78 Å². The van der Waals surface area contributed by atoms with Crippen molar-refractivity contribution in [2.24, 2.45) is 23.7 Å². The highest BCUT2D eigenvalue weighted by atomic mass is 19.1. The van der Waals surface area contributed by atoms with Gasteiger partial charge in [-0.05, 0) is 37.3 Å². The molecule has 1 amide bonds. The quantitative estimate of drug-likeness (QED) is 0.891. The molecule has 4 saturated carbocycles. The molecular weight excluding hydrogens is 272 g/mol. The van der Waals surface area contributed by atoms with E-state index in [9.17, 15) is 13.6 Å². The fourth-order valence-corrected chi connectivity index (χ4v) is 4.82. The number of hydrogen-bond acceptors (Lipinski definition) is 1. The van der Waals surface area contributed by atoms with Crippen molar-refractivity contribution in [3.05, 3.63) is 35.9 Å². The molecule has 0 aromatic heterocycles. The van der Waals surface area contributed by atoms with E-state index in [1.807, 2.05) is 6.07 Å². The van der Waals surface area contributed by atoms with Gasteiger partial charge in [0, 0.05) is 29.4 Å². The third-order valence-electron chi connectivity index (χ3n) is 5.71. The Morgan fingerprint density at radius 1 is 0.952 bits per heavy atom. The third kappa shape index (κ3) is 1.99. The van der Waals surface area contributed by atoms with Crippen LogP contribution in [-0.2, 0) is 0 Å². The van der Waals surface area contributed by atoms with Crippen LogP contribution in [0.3, 0.4) is 0 Å². The van der Waals surface area contributed by atoms with Crippen LogP contribution in [0.15, 0.2) is 30.3 Å². The molecule has 1 aromatic rings. The average Bonchev–Trinajstić information content (AvgIpc) is 2.51. The third-order valence-corrected chi connectivity index (χ3v) is 5.71. The van der Waals surface area contributed by atoms with E-state index in [-0.39, 0.29) is 23.8 Å². The molecule has 1 aromatic carbocycles. The Bertz CT molecular complexity index is 529. The van der Waals surface area contributed by atoms with Crippen LogP contribution in [0.25, 0.3) is 0 Å². The van der Waals surface area contributed by atoms with E-state index in [0.717, 1.165) is 12.8 Å². The first-order chi connectivity index (χ1) is 10.1. The molecule has 112 valence electrons. The molecule has 4 unspecified atom stereocenters. The predicted octanol–water partition coefficient (Wildman–Crippen LogP) is 3.14. The first-order valence-corrected chi connectivity index (χ1v) is 7.79. The zero-order chi connectivity index (χ0) is 14.6. The number of rotatable bonds is 2. The molecule has 5 rings (SSSR count). The van der Waals surface area contributed by atoms with Gasteiger partial charge in [0.2, 0.25) is 0 Å². The second-order valence-corrected chi connectivity index (χ2v) is 6.82. The number of carbonyl (C=O) groups excluding carboxylic acids is 1. The van der Waals surface area contributed by atoms with Crippen LogP contribution < -0.4 is 5.32 Å². The molecule has 4 fully saturated rings. The normalized spacial score (nSPS) is 43.8. The number of halogens is 2. The van der Waals surface area contributed by atoms with Gasteiger partial charge in [-0.1, -0.05) is 18.2 Å². The summed E-state index contributed by atoms with van der Waals surface area (Å²) in [5, 5.41) is 2.92. The van der Waals surface area contributed by atoms with Crippen LogP contribution in [-0.4, -0.2) is 24.3 Å². The Morgan fingerprint density at radius 2 is 1.52 bits per heavy atom. The second kappa shape index (κ2) is 4.79. The molecule has 4 heteroatoms. The van der Waals surface area contributed by atoms with Crippen LogP contribution >= 0.6 is 0 Å². The highest BCUT2D eigenvalue weighted by Crippen LogP contribution is 2.55. The van der Waals surface area contributed by atoms with Crippen molar-refractivity contribution in [1.29, 1.82) is 0 Å². The molecule has 0 spiro atoms. The fourth-order valence-electron chi connectivity index (χ4n) is 4.82. The zero-order valence-corrected chi connectivity index (χ0v) is 11.7. The molecule has 4 atom stereocenters. The van der Waals surface area contributed by atoms with Gasteiger partial charge in [0.25, 0.3) is 5.91 Å². The van der Waals surface area contributed by atoms with E-state index in [0.29, 0.717) is 17.9 Å². The minimum absolute atomic E-state index is 0.202. The Labute approximate surface area is 122 Å². The van der Waals surface area contributed by atoms with Crippen molar-refractivity contribution in [3.63, 3.8) is 0 Å². The predicted molar refractivity (Wildman–Crippen MR) is 75.3 cm³/mol. The van der Waals surface area contributed by atoms with Crippen molar-refractivity contribution < 1.29 is 13.6 Å². The summed E-state index contributed by atoms with van der Waals surface area (Å²) < 4.78 is 28.9. The largest absolute Gasteiger partial charge is 0.349 e. The van der Waals surface area contributed by atoms with E-state index < -0.39 is 18.3 Å². The number of carbonyl (C=O) groups is 1. The lowest BCUT2D eigenvalue weighted by atomic mass is 9.52. The maximum absolute atomic E-state index is 14.4. The Morgan fingerprint density at radius 3 is 2.14 bits per heavy atom. The maximum atomic E-state index is 14.4. The lowest BCUT2D eigenvalue weighted by molar-refractivity contribution is -0.124. The Hall–Kier alpha value is -1.45. The van der Waals surface area contributed by atoms with Gasteiger partial charge in [-0.2, -0.15) is 0 Å². The number of amides is 1. The second-order valence-electron chi connectivity index (χ2n) is 6.82. The molecule has 0 radical (unpaired) electrons. The van der Waals surface area contributed by atoms with Crippen LogP contribution in [0.1, 0.15) is 29.6 Å². The molecule has 1 N–H and O–H groups in total. The topological polar surface area (TPSA) is 29.1 Å². The summed E-state index contributed by atoms with van der Waals surface area (Å²) in [7, 11) is 0. The number of alkyl halides is 2. The van der Waals surface area contributed by atoms with Gasteiger partial charge in [-0.25, -0.2) is 8.78 Å². The number of nitrogens with one attached hydrogen (secondary N) is 1. The average molecular weight is 291 g/mol. The molecule has 4 aliphatic rings. The van der Waals surface area contributed by atoms with Gasteiger partial charge in [0.1, 0.15) is 12.3 Å². The highest BCUT2D eigenvalue weighted by molar-refractivity contribution is 5.94. The molecule has 2 nitrogen and oxygen atoms in total. The fraction of sp³-hybridized carbons (Fsp3) is 0.588. The van der Waals surface area contributed by atoms with Gasteiger partial charge >= 0.3 is 0 Å². The van der Waals surface area contributed by atoms with E-state index in [1.165, 1.54) is 0 Å². The first kappa shape index (κ1) is 13.2. The monoisotopic (exact) mass is 291 g/mol. The van der Waals surface area contributed by atoms with Crippen LogP contribution in [0.2, 0.25) is 0 Å². The summed E-state index contributed by atoms with van der Waals surface area (Å²) in [6.45, 7) is 0. The van der Waals surface area contributed by atoms with Gasteiger partial charge in [0.15, 0.2) is 0 Å². The standard InChI is InChI=1S/C17H19F2NO/c18-14-11-6-9-7-12(14)16(13(8-9)15(11)19)20-17(21)10-4-2-1-3-5-10/h1-5,9,11-16H,6-8H2,(H,20,21). The summed E-state index contributed by atoms with van der Waals surface area (Å²) in [5.41, 5.74) is 0.553. The lowest BCUT2D eigenvalue weighted by Crippen LogP contribution is -2.65. The van der Waals surface area contributed by atoms with E-state index >= 15 is 0 Å². The van der Waals surface area contributed by atoms with Gasteiger partial charge in [-0.15, -0.1) is 0 Å². The van der Waals surface area contributed by atoms with Crippen molar-refractivity contribution in [2.45, 2.75) is 37.6 Å². The first-order valence-electron chi connectivity index (χ1n) is 7.79. The summed E-state index contributed by atoms with van der Waals surface area (Å²) >= 11 is 0. The minimum atomic E-state index is -1.10. The van der Waals surface area contributed by atoms with Crippen molar-refractivity contribution >= 4 is 5.91 Å².